The molecule has 0 saturated heterocycles. The third kappa shape index (κ3) is 6.39. The van der Waals surface area contributed by atoms with Crippen molar-refractivity contribution in [3.63, 3.8) is 0 Å². The molecule has 10 heavy (non-hydrogen) atoms. The van der Waals surface area contributed by atoms with E-state index in [0.29, 0.717) is 0 Å². The summed E-state index contributed by atoms with van der Waals surface area (Å²) in [7, 11) is 0. The summed E-state index contributed by atoms with van der Waals surface area (Å²) in [6, 6.07) is 0. The van der Waals surface area contributed by atoms with Crippen molar-refractivity contribution in [2.75, 3.05) is 19.5 Å². The predicted molar refractivity (Wildman–Crippen MR) is 47.2 cm³/mol. The van der Waals surface area contributed by atoms with Gasteiger partial charge in [0.15, 0.2) is 0 Å². The van der Waals surface area contributed by atoms with Gasteiger partial charge in [-0.15, -0.1) is 11.8 Å². The summed E-state index contributed by atoms with van der Waals surface area (Å²) in [6.45, 7) is 3.77. The fourth-order valence-corrected chi connectivity index (χ4v) is 0.896. The van der Waals surface area contributed by atoms with E-state index in [4.69, 9.17) is 10.5 Å². The minimum absolute atomic E-state index is 0.247. The molecule has 0 saturated carbocycles. The second kappa shape index (κ2) is 7.38. The summed E-state index contributed by atoms with van der Waals surface area (Å²) >= 11 is 1.68. The summed E-state index contributed by atoms with van der Waals surface area (Å²) in [5, 5.41) is 0.247. The van der Waals surface area contributed by atoms with Crippen LogP contribution in [0, 0.1) is 0 Å². The van der Waals surface area contributed by atoms with E-state index in [1.807, 2.05) is 6.26 Å². The van der Waals surface area contributed by atoms with Crippen molar-refractivity contribution >= 4 is 11.8 Å². The van der Waals surface area contributed by atoms with Gasteiger partial charge >= 0.3 is 0 Å². The van der Waals surface area contributed by atoms with Gasteiger partial charge in [-0.3, -0.25) is 0 Å². The average molecular weight is 163 g/mol. The fourth-order valence-electron chi connectivity index (χ4n) is 0.564. The van der Waals surface area contributed by atoms with Crippen molar-refractivity contribution in [1.29, 1.82) is 0 Å². The standard InChI is InChI=1S/C7H17NOS/c1-3-5-9-6-4-7(8)10-2/h7H,3-6,8H2,1-2H3. The van der Waals surface area contributed by atoms with Gasteiger partial charge < -0.3 is 10.5 Å². The minimum Gasteiger partial charge on any atom is -0.381 e. The Kier molecular flexibility index (Phi) is 7.58. The summed E-state index contributed by atoms with van der Waals surface area (Å²) < 4.78 is 5.26. The second-order valence-electron chi connectivity index (χ2n) is 2.18. The van der Waals surface area contributed by atoms with Crippen LogP contribution in [0.3, 0.4) is 0 Å². The lowest BCUT2D eigenvalue weighted by atomic mass is 10.4. The largest absolute Gasteiger partial charge is 0.381 e. The monoisotopic (exact) mass is 163 g/mol. The van der Waals surface area contributed by atoms with Crippen LogP contribution in [0.25, 0.3) is 0 Å². The maximum atomic E-state index is 5.64. The molecule has 0 aliphatic heterocycles. The van der Waals surface area contributed by atoms with Crippen LogP contribution in [0.1, 0.15) is 19.8 Å². The van der Waals surface area contributed by atoms with Gasteiger partial charge in [-0.2, -0.15) is 0 Å². The van der Waals surface area contributed by atoms with E-state index in [-0.39, 0.29) is 5.37 Å². The maximum absolute atomic E-state index is 5.64. The number of rotatable bonds is 6. The molecule has 62 valence electrons. The molecule has 2 nitrogen and oxygen atoms in total. The van der Waals surface area contributed by atoms with E-state index in [9.17, 15) is 0 Å². The smallest absolute Gasteiger partial charge is 0.0526 e. The average Bonchev–Trinajstić information content (AvgIpc) is 1.98. The highest BCUT2D eigenvalue weighted by atomic mass is 32.2. The highest BCUT2D eigenvalue weighted by molar-refractivity contribution is 7.99. The van der Waals surface area contributed by atoms with E-state index in [1.54, 1.807) is 11.8 Å². The first kappa shape index (κ1) is 10.3. The zero-order valence-corrected chi connectivity index (χ0v) is 7.62. The van der Waals surface area contributed by atoms with Crippen molar-refractivity contribution in [2.45, 2.75) is 25.1 Å². The van der Waals surface area contributed by atoms with Crippen LogP contribution in [-0.2, 0) is 4.74 Å². The van der Waals surface area contributed by atoms with Gasteiger partial charge in [0.1, 0.15) is 0 Å². The molecule has 0 aromatic rings. The molecule has 0 heterocycles. The molecule has 0 aromatic carbocycles. The molecule has 1 unspecified atom stereocenters. The molecule has 2 N–H and O–H groups in total. The van der Waals surface area contributed by atoms with Gasteiger partial charge in [0, 0.05) is 13.2 Å². The maximum Gasteiger partial charge on any atom is 0.0526 e. The van der Waals surface area contributed by atoms with Crippen LogP contribution < -0.4 is 5.73 Å². The van der Waals surface area contributed by atoms with Gasteiger partial charge in [0.2, 0.25) is 0 Å². The van der Waals surface area contributed by atoms with Crippen molar-refractivity contribution in [3.8, 4) is 0 Å². The van der Waals surface area contributed by atoms with Crippen molar-refractivity contribution in [1.82, 2.24) is 0 Å². The van der Waals surface area contributed by atoms with E-state index in [2.05, 4.69) is 6.92 Å². The van der Waals surface area contributed by atoms with E-state index >= 15 is 0 Å². The summed E-state index contributed by atoms with van der Waals surface area (Å²) in [5.74, 6) is 0. The zero-order valence-electron chi connectivity index (χ0n) is 6.80. The lowest BCUT2D eigenvalue weighted by Gasteiger charge is -2.07. The highest BCUT2D eigenvalue weighted by Gasteiger charge is 1.97. The van der Waals surface area contributed by atoms with Gasteiger partial charge in [-0.05, 0) is 19.1 Å². The molecular formula is C7H17NOS. The summed E-state index contributed by atoms with van der Waals surface area (Å²) in [6.07, 6.45) is 4.07. The first-order valence-electron chi connectivity index (χ1n) is 3.67. The topological polar surface area (TPSA) is 35.2 Å². The normalized spacial score (nSPS) is 13.5. The van der Waals surface area contributed by atoms with Crippen molar-refractivity contribution < 1.29 is 4.74 Å². The van der Waals surface area contributed by atoms with Crippen LogP contribution in [0.15, 0.2) is 0 Å². The first-order chi connectivity index (χ1) is 4.81. The Morgan fingerprint density at radius 3 is 2.70 bits per heavy atom. The van der Waals surface area contributed by atoms with Crippen LogP contribution in [0.5, 0.6) is 0 Å². The lowest BCUT2D eigenvalue weighted by molar-refractivity contribution is 0.132. The molecule has 0 fully saturated rings. The molecular weight excluding hydrogens is 146 g/mol. The Balaban J connectivity index is 2.89. The van der Waals surface area contributed by atoms with Crippen LogP contribution >= 0.6 is 11.8 Å². The van der Waals surface area contributed by atoms with E-state index in [1.165, 1.54) is 0 Å². The van der Waals surface area contributed by atoms with Crippen LogP contribution in [0.4, 0.5) is 0 Å². The minimum atomic E-state index is 0.247. The summed E-state index contributed by atoms with van der Waals surface area (Å²) in [4.78, 5) is 0. The molecule has 0 aromatic heterocycles. The molecule has 1 atom stereocenters. The number of nitrogens with two attached hydrogens (primary N) is 1. The molecule has 0 rings (SSSR count). The SMILES string of the molecule is CCCOCCC(N)SC. The Hall–Kier alpha value is 0.270. The Bertz CT molecular complexity index is 70.6. The number of thioether (sulfide) groups is 1. The molecule has 0 radical (unpaired) electrons. The van der Waals surface area contributed by atoms with Crippen LogP contribution in [-0.4, -0.2) is 24.8 Å². The Labute approximate surface area is 67.5 Å². The van der Waals surface area contributed by atoms with Gasteiger partial charge in [0.25, 0.3) is 0 Å². The third-order valence-electron chi connectivity index (χ3n) is 1.20. The van der Waals surface area contributed by atoms with Gasteiger partial charge in [-0.1, -0.05) is 6.92 Å². The Morgan fingerprint density at radius 2 is 2.20 bits per heavy atom. The molecule has 0 amide bonds. The van der Waals surface area contributed by atoms with Gasteiger partial charge in [0.05, 0.1) is 5.37 Å². The Morgan fingerprint density at radius 1 is 1.50 bits per heavy atom. The van der Waals surface area contributed by atoms with Gasteiger partial charge in [-0.25, -0.2) is 0 Å². The fraction of sp³-hybridized carbons (Fsp3) is 1.00. The molecule has 0 bridgehead atoms. The van der Waals surface area contributed by atoms with E-state index < -0.39 is 0 Å². The van der Waals surface area contributed by atoms with Crippen molar-refractivity contribution in [3.05, 3.63) is 0 Å². The van der Waals surface area contributed by atoms with E-state index in [0.717, 1.165) is 26.1 Å². The molecule has 3 heteroatoms. The third-order valence-corrected chi connectivity index (χ3v) is 2.04. The second-order valence-corrected chi connectivity index (χ2v) is 3.25. The number of hydrogen-bond acceptors (Lipinski definition) is 3. The number of ether oxygens (including phenoxy) is 1. The zero-order chi connectivity index (χ0) is 7.82. The predicted octanol–water partition coefficient (Wildman–Crippen LogP) is 1.45. The first-order valence-corrected chi connectivity index (χ1v) is 4.96. The van der Waals surface area contributed by atoms with Crippen molar-refractivity contribution in [2.24, 2.45) is 5.73 Å². The highest BCUT2D eigenvalue weighted by Crippen LogP contribution is 2.03. The number of hydrogen-bond donors (Lipinski definition) is 1. The summed E-state index contributed by atoms with van der Waals surface area (Å²) in [5.41, 5.74) is 5.64. The molecule has 0 aliphatic rings. The molecule has 0 aliphatic carbocycles. The molecule has 0 spiro atoms. The van der Waals surface area contributed by atoms with Crippen LogP contribution in [0.2, 0.25) is 0 Å². The quantitative estimate of drug-likeness (QED) is 0.475. The lowest BCUT2D eigenvalue weighted by Crippen LogP contribution is -2.17.